The third-order valence-electron chi connectivity index (χ3n) is 4.84. The van der Waals surface area contributed by atoms with Crippen molar-refractivity contribution in [1.82, 2.24) is 25.2 Å². The summed E-state index contributed by atoms with van der Waals surface area (Å²) in [6.07, 6.45) is 5.46. The Morgan fingerprint density at radius 1 is 1.39 bits per heavy atom. The van der Waals surface area contributed by atoms with Gasteiger partial charge in [0.2, 0.25) is 5.91 Å². The molecule has 2 aromatic rings. The number of aromatic amines is 1. The van der Waals surface area contributed by atoms with Gasteiger partial charge in [-0.25, -0.2) is 0 Å². The third kappa shape index (κ3) is 2.75. The summed E-state index contributed by atoms with van der Waals surface area (Å²) in [5.74, 6) is 2.01. The average Bonchev–Trinajstić information content (AvgIpc) is 3.24. The second kappa shape index (κ2) is 5.79. The molecule has 1 amide bonds. The van der Waals surface area contributed by atoms with E-state index in [1.807, 2.05) is 4.90 Å². The maximum absolute atomic E-state index is 11.6. The van der Waals surface area contributed by atoms with Crippen molar-refractivity contribution in [2.24, 2.45) is 5.92 Å². The van der Waals surface area contributed by atoms with Crippen molar-refractivity contribution < 1.29 is 9.32 Å². The smallest absolute Gasteiger partial charge is 0.278 e. The van der Waals surface area contributed by atoms with E-state index in [0.29, 0.717) is 37.0 Å². The van der Waals surface area contributed by atoms with Crippen molar-refractivity contribution in [3.05, 3.63) is 17.1 Å². The minimum atomic E-state index is 0.226. The average molecular weight is 315 g/mol. The summed E-state index contributed by atoms with van der Waals surface area (Å²) in [4.78, 5) is 18.0. The maximum Gasteiger partial charge on any atom is 0.278 e. The summed E-state index contributed by atoms with van der Waals surface area (Å²) in [6, 6.07) is 0. The number of H-pyrrole nitrogens is 1. The van der Waals surface area contributed by atoms with Gasteiger partial charge in [-0.15, -0.1) is 0 Å². The number of aromatic nitrogens is 4. The van der Waals surface area contributed by atoms with Crippen molar-refractivity contribution in [2.75, 3.05) is 13.1 Å². The van der Waals surface area contributed by atoms with Crippen LogP contribution in [0.2, 0.25) is 0 Å². The van der Waals surface area contributed by atoms with E-state index in [9.17, 15) is 4.79 Å². The first-order chi connectivity index (χ1) is 11.2. The maximum atomic E-state index is 11.6. The van der Waals surface area contributed by atoms with Gasteiger partial charge in [0.25, 0.3) is 5.89 Å². The van der Waals surface area contributed by atoms with Gasteiger partial charge in [-0.1, -0.05) is 12.1 Å². The van der Waals surface area contributed by atoms with Crippen LogP contribution in [0.25, 0.3) is 11.6 Å². The quantitative estimate of drug-likeness (QED) is 0.928. The van der Waals surface area contributed by atoms with Gasteiger partial charge in [0.1, 0.15) is 0 Å². The van der Waals surface area contributed by atoms with E-state index in [-0.39, 0.29) is 5.91 Å². The fourth-order valence-electron chi connectivity index (χ4n) is 3.47. The van der Waals surface area contributed by atoms with Crippen LogP contribution in [0.5, 0.6) is 0 Å². The normalized spacial score (nSPS) is 21.0. The zero-order valence-electron chi connectivity index (χ0n) is 13.3. The minimum absolute atomic E-state index is 0.226. The molecule has 7 heteroatoms. The fourth-order valence-corrected chi connectivity index (χ4v) is 3.47. The van der Waals surface area contributed by atoms with E-state index in [1.54, 1.807) is 0 Å². The van der Waals surface area contributed by atoms with Gasteiger partial charge in [0.15, 0.2) is 11.5 Å². The zero-order valence-corrected chi connectivity index (χ0v) is 13.3. The first-order valence-electron chi connectivity index (χ1n) is 8.37. The number of aryl methyl sites for hydroxylation is 1. The second-order valence-corrected chi connectivity index (χ2v) is 6.63. The zero-order chi connectivity index (χ0) is 15.8. The van der Waals surface area contributed by atoms with Gasteiger partial charge >= 0.3 is 0 Å². The van der Waals surface area contributed by atoms with Crippen LogP contribution in [-0.4, -0.2) is 44.2 Å². The molecular formula is C16H21N5O2. The van der Waals surface area contributed by atoms with Gasteiger partial charge in [-0.05, 0) is 31.6 Å². The lowest BCUT2D eigenvalue weighted by Crippen LogP contribution is -2.27. The third-order valence-corrected chi connectivity index (χ3v) is 4.84. The minimum Gasteiger partial charge on any atom is -0.342 e. The molecule has 1 aliphatic heterocycles. The lowest BCUT2D eigenvalue weighted by Gasteiger charge is -2.17. The molecule has 0 spiro atoms. The summed E-state index contributed by atoms with van der Waals surface area (Å²) in [5.41, 5.74) is 3.21. The van der Waals surface area contributed by atoms with Gasteiger partial charge in [0.05, 0.1) is 0 Å². The standard InChI is InChI=1S/C16H21N5O2/c1-10-4-5-12-11(9-10)15(19-18-12)16-17-13(20-23-16)6-8-21-7-2-3-14(21)22/h10H,2-9H2,1H3,(H,18,19)/t10-/m0/s1. The molecule has 2 aromatic heterocycles. The van der Waals surface area contributed by atoms with Crippen LogP contribution in [0.3, 0.4) is 0 Å². The number of rotatable bonds is 4. The molecule has 1 N–H and O–H groups in total. The Morgan fingerprint density at radius 2 is 2.30 bits per heavy atom. The monoisotopic (exact) mass is 315 g/mol. The van der Waals surface area contributed by atoms with Crippen LogP contribution in [0.4, 0.5) is 0 Å². The summed E-state index contributed by atoms with van der Waals surface area (Å²) in [5, 5.41) is 11.5. The molecule has 23 heavy (non-hydrogen) atoms. The molecular weight excluding hydrogens is 294 g/mol. The highest BCUT2D eigenvalue weighted by Gasteiger charge is 2.25. The number of hydrogen-bond acceptors (Lipinski definition) is 5. The van der Waals surface area contributed by atoms with E-state index in [4.69, 9.17) is 4.52 Å². The summed E-state index contributed by atoms with van der Waals surface area (Å²) in [6.45, 7) is 3.76. The van der Waals surface area contributed by atoms with Crippen molar-refractivity contribution in [3.8, 4) is 11.6 Å². The fraction of sp³-hybridized carbons (Fsp3) is 0.625. The number of hydrogen-bond donors (Lipinski definition) is 1. The summed E-state index contributed by atoms with van der Waals surface area (Å²) < 4.78 is 5.41. The first kappa shape index (κ1) is 14.4. The first-order valence-corrected chi connectivity index (χ1v) is 8.37. The van der Waals surface area contributed by atoms with Crippen molar-refractivity contribution in [1.29, 1.82) is 0 Å². The molecule has 1 aliphatic carbocycles. The Balaban J connectivity index is 1.48. The molecule has 0 saturated carbocycles. The number of fused-ring (bicyclic) bond motifs is 1. The highest BCUT2D eigenvalue weighted by molar-refractivity contribution is 5.78. The van der Waals surface area contributed by atoms with Crippen molar-refractivity contribution in [3.63, 3.8) is 0 Å². The Labute approximate surface area is 134 Å². The van der Waals surface area contributed by atoms with Crippen LogP contribution in [0.1, 0.15) is 43.3 Å². The van der Waals surface area contributed by atoms with Crippen LogP contribution in [0, 0.1) is 5.92 Å². The molecule has 4 rings (SSSR count). The SMILES string of the molecule is C[C@H]1CCc2[nH]nc(-c3nc(CCN4CCCC4=O)no3)c2C1. The highest BCUT2D eigenvalue weighted by atomic mass is 16.5. The molecule has 3 heterocycles. The molecule has 2 aliphatic rings. The van der Waals surface area contributed by atoms with Crippen LogP contribution < -0.4 is 0 Å². The van der Waals surface area contributed by atoms with Gasteiger partial charge in [-0.2, -0.15) is 10.1 Å². The van der Waals surface area contributed by atoms with Crippen LogP contribution >= 0.6 is 0 Å². The van der Waals surface area contributed by atoms with E-state index < -0.39 is 0 Å². The molecule has 1 fully saturated rings. The molecule has 0 aromatic carbocycles. The topological polar surface area (TPSA) is 87.9 Å². The molecule has 0 bridgehead atoms. The van der Waals surface area contributed by atoms with Gasteiger partial charge in [0, 0.05) is 37.2 Å². The highest BCUT2D eigenvalue weighted by Crippen LogP contribution is 2.31. The van der Waals surface area contributed by atoms with Gasteiger partial charge in [-0.3, -0.25) is 9.89 Å². The van der Waals surface area contributed by atoms with Gasteiger partial charge < -0.3 is 9.42 Å². The Kier molecular flexibility index (Phi) is 3.63. The second-order valence-electron chi connectivity index (χ2n) is 6.63. The Hall–Kier alpha value is -2.18. The predicted octanol–water partition coefficient (Wildman–Crippen LogP) is 1.75. The van der Waals surface area contributed by atoms with E-state index >= 15 is 0 Å². The predicted molar refractivity (Wildman–Crippen MR) is 82.6 cm³/mol. The number of nitrogens with one attached hydrogen (secondary N) is 1. The van der Waals surface area contributed by atoms with E-state index in [2.05, 4.69) is 27.3 Å². The molecule has 7 nitrogen and oxygen atoms in total. The number of carbonyl (C=O) groups is 1. The molecule has 0 radical (unpaired) electrons. The van der Waals surface area contributed by atoms with E-state index in [1.165, 1.54) is 17.7 Å². The van der Waals surface area contributed by atoms with Crippen molar-refractivity contribution in [2.45, 2.75) is 45.4 Å². The Bertz CT molecular complexity index is 720. The number of carbonyl (C=O) groups excluding carboxylic acids is 1. The summed E-state index contributed by atoms with van der Waals surface area (Å²) in [7, 11) is 0. The van der Waals surface area contributed by atoms with Crippen LogP contribution in [0.15, 0.2) is 4.52 Å². The summed E-state index contributed by atoms with van der Waals surface area (Å²) >= 11 is 0. The number of amides is 1. The Morgan fingerprint density at radius 3 is 3.13 bits per heavy atom. The molecule has 122 valence electrons. The molecule has 1 atom stereocenters. The van der Waals surface area contributed by atoms with E-state index in [0.717, 1.165) is 31.5 Å². The lowest BCUT2D eigenvalue weighted by atomic mass is 9.88. The number of nitrogens with zero attached hydrogens (tertiary/aromatic N) is 4. The number of likely N-dealkylation sites (tertiary alicyclic amines) is 1. The lowest BCUT2D eigenvalue weighted by molar-refractivity contribution is -0.127. The van der Waals surface area contributed by atoms with Crippen molar-refractivity contribution >= 4 is 5.91 Å². The molecule has 1 saturated heterocycles. The molecule has 0 unspecified atom stereocenters. The van der Waals surface area contributed by atoms with Crippen LogP contribution in [-0.2, 0) is 24.1 Å². The largest absolute Gasteiger partial charge is 0.342 e.